The van der Waals surface area contributed by atoms with Crippen molar-refractivity contribution in [2.24, 2.45) is 0 Å². The van der Waals surface area contributed by atoms with Gasteiger partial charge in [0.15, 0.2) is 0 Å². The zero-order chi connectivity index (χ0) is 7.82. The Hall–Kier alpha value is 0.314. The van der Waals surface area contributed by atoms with E-state index in [1.54, 1.807) is 6.08 Å². The maximum Gasteiger partial charge on any atom is 0.147 e. The third-order valence-corrected chi connectivity index (χ3v) is 0.861. The zero-order valence-corrected chi connectivity index (χ0v) is 9.93. The molecule has 61 valence electrons. The number of carbonyl (C=O) groups excluding carboxylic acids is 1. The molecule has 0 aromatic carbocycles. The van der Waals surface area contributed by atoms with E-state index in [2.05, 4.69) is 6.08 Å². The first kappa shape index (κ1) is 13.9. The van der Waals surface area contributed by atoms with Crippen LogP contribution in [-0.2, 0) is 42.2 Å². The summed E-state index contributed by atoms with van der Waals surface area (Å²) < 4.78 is 4.71. The summed E-state index contributed by atoms with van der Waals surface area (Å²) in [5.74, 6) is -0.358. The van der Waals surface area contributed by atoms with Crippen molar-refractivity contribution in [3.8, 4) is 0 Å². The largest absolute Gasteiger partial charge is 0.490 e. The van der Waals surface area contributed by atoms with Gasteiger partial charge in [-0.3, -0.25) is 10.9 Å². The minimum absolute atomic E-state index is 0. The molecular weight excluding hydrogens is 217 g/mol. The molecule has 0 saturated heterocycles. The number of esters is 1. The molecule has 0 aliphatic heterocycles. The predicted octanol–water partition coefficient (Wildman–Crippen LogP) is 1.71. The third kappa shape index (κ3) is 10.3. The van der Waals surface area contributed by atoms with Crippen LogP contribution in [0.2, 0.25) is 0 Å². The predicted molar refractivity (Wildman–Crippen MR) is 39.4 cm³/mol. The van der Waals surface area contributed by atoms with Crippen molar-refractivity contribution in [3.05, 3.63) is 12.2 Å². The summed E-state index contributed by atoms with van der Waals surface area (Å²) >= 11 is 0. The first-order valence-corrected chi connectivity index (χ1v) is 3.56. The Kier molecular flexibility index (Phi) is 13.0. The van der Waals surface area contributed by atoms with Crippen molar-refractivity contribution >= 4 is 5.97 Å². The molecule has 3 heteroatoms. The molecule has 0 unspecified atom stereocenters. The van der Waals surface area contributed by atoms with Crippen LogP contribution in [0.1, 0.15) is 26.7 Å². The topological polar surface area (TPSA) is 26.3 Å². The van der Waals surface area contributed by atoms with Gasteiger partial charge in [0.2, 0.25) is 0 Å². The van der Waals surface area contributed by atoms with Gasteiger partial charge in [-0.05, 0) is 6.42 Å². The van der Waals surface area contributed by atoms with Gasteiger partial charge in [0.05, 0.1) is 6.61 Å². The van der Waals surface area contributed by atoms with Gasteiger partial charge in [0.25, 0.3) is 0 Å². The van der Waals surface area contributed by atoms with Crippen LogP contribution in [0.15, 0.2) is 6.08 Å². The Morgan fingerprint density at radius 3 is 2.64 bits per heavy atom. The van der Waals surface area contributed by atoms with E-state index >= 15 is 0 Å². The molecule has 0 heterocycles. The molecule has 0 aliphatic rings. The van der Waals surface area contributed by atoms with Crippen LogP contribution in [-0.4, -0.2) is 12.6 Å². The van der Waals surface area contributed by atoms with E-state index in [1.165, 1.54) is 0 Å². The number of rotatable bonds is 4. The van der Waals surface area contributed by atoms with E-state index in [0.29, 0.717) is 6.61 Å². The van der Waals surface area contributed by atoms with Gasteiger partial charge in [-0.2, -0.15) is 0 Å². The van der Waals surface area contributed by atoms with Gasteiger partial charge in [-0.25, -0.2) is 0 Å². The molecule has 0 aromatic rings. The molecule has 0 spiro atoms. The SMILES string of the molecule is CCC=[C-]C(=O)OCCC.[Y]. The van der Waals surface area contributed by atoms with Crippen molar-refractivity contribution in [2.45, 2.75) is 26.7 Å². The fraction of sp³-hybridized carbons (Fsp3) is 0.625. The van der Waals surface area contributed by atoms with Crippen molar-refractivity contribution < 1.29 is 42.2 Å². The maximum atomic E-state index is 10.6. The average molecular weight is 230 g/mol. The fourth-order valence-electron chi connectivity index (χ4n) is 0.422. The molecule has 11 heavy (non-hydrogen) atoms. The van der Waals surface area contributed by atoms with Crippen LogP contribution in [0.4, 0.5) is 0 Å². The summed E-state index contributed by atoms with van der Waals surface area (Å²) in [6, 6.07) is 0. The Morgan fingerprint density at radius 1 is 1.55 bits per heavy atom. The molecule has 0 bridgehead atoms. The molecule has 0 N–H and O–H groups in total. The molecular formula is C8H13O2Y-. The Balaban J connectivity index is 0. The molecule has 2 nitrogen and oxygen atoms in total. The normalized spacial score (nSPS) is 9.27. The van der Waals surface area contributed by atoms with E-state index in [-0.39, 0.29) is 38.7 Å². The average Bonchev–Trinajstić information content (AvgIpc) is 1.97. The summed E-state index contributed by atoms with van der Waals surface area (Å²) in [6.07, 6.45) is 5.83. The van der Waals surface area contributed by atoms with Crippen LogP contribution in [0.3, 0.4) is 0 Å². The summed E-state index contributed by atoms with van der Waals surface area (Å²) in [6.45, 7) is 4.39. The molecule has 0 saturated carbocycles. The van der Waals surface area contributed by atoms with E-state index in [4.69, 9.17) is 4.74 Å². The number of hydrogen-bond donors (Lipinski definition) is 0. The number of allylic oxidation sites excluding steroid dienone is 1. The molecule has 0 atom stereocenters. The summed E-state index contributed by atoms with van der Waals surface area (Å²) in [7, 11) is 0. The Labute approximate surface area is 93.3 Å². The standard InChI is InChI=1S/C8H13O2.Y/c1-3-5-6-8(9)10-7-4-2;/h5H,3-4,7H2,1-2H3;/q-1;. The fourth-order valence-corrected chi connectivity index (χ4v) is 0.422. The van der Waals surface area contributed by atoms with E-state index in [9.17, 15) is 4.79 Å². The minimum Gasteiger partial charge on any atom is -0.490 e. The molecule has 0 amide bonds. The van der Waals surface area contributed by atoms with Crippen LogP contribution in [0, 0.1) is 6.08 Å². The van der Waals surface area contributed by atoms with Crippen LogP contribution in [0.5, 0.6) is 0 Å². The van der Waals surface area contributed by atoms with Crippen LogP contribution < -0.4 is 0 Å². The maximum absolute atomic E-state index is 10.6. The first-order valence-electron chi connectivity index (χ1n) is 3.56. The minimum atomic E-state index is -0.358. The van der Waals surface area contributed by atoms with E-state index < -0.39 is 0 Å². The summed E-state index contributed by atoms with van der Waals surface area (Å²) in [5, 5.41) is 0. The number of ether oxygens (including phenoxy) is 1. The molecule has 1 radical (unpaired) electrons. The second-order valence-electron chi connectivity index (χ2n) is 1.89. The van der Waals surface area contributed by atoms with E-state index in [1.807, 2.05) is 13.8 Å². The molecule has 0 fully saturated rings. The van der Waals surface area contributed by atoms with Crippen LogP contribution in [0.25, 0.3) is 0 Å². The van der Waals surface area contributed by atoms with Crippen LogP contribution >= 0.6 is 0 Å². The molecule has 0 rings (SSSR count). The molecule has 0 aromatic heterocycles. The zero-order valence-electron chi connectivity index (χ0n) is 7.09. The Morgan fingerprint density at radius 2 is 2.18 bits per heavy atom. The van der Waals surface area contributed by atoms with Crippen molar-refractivity contribution in [1.82, 2.24) is 0 Å². The second kappa shape index (κ2) is 10.3. The van der Waals surface area contributed by atoms with E-state index in [0.717, 1.165) is 12.8 Å². The quantitative estimate of drug-likeness (QED) is 0.417. The van der Waals surface area contributed by atoms with Crippen molar-refractivity contribution in [1.29, 1.82) is 0 Å². The van der Waals surface area contributed by atoms with Gasteiger partial charge in [-0.1, -0.05) is 20.3 Å². The first-order chi connectivity index (χ1) is 4.81. The van der Waals surface area contributed by atoms with Gasteiger partial charge in [0, 0.05) is 32.7 Å². The summed E-state index contributed by atoms with van der Waals surface area (Å²) in [4.78, 5) is 10.6. The second-order valence-corrected chi connectivity index (χ2v) is 1.89. The van der Waals surface area contributed by atoms with Gasteiger partial charge >= 0.3 is 0 Å². The van der Waals surface area contributed by atoms with Crippen molar-refractivity contribution in [3.63, 3.8) is 0 Å². The number of carbonyl (C=O) groups is 1. The monoisotopic (exact) mass is 230 g/mol. The Bertz CT molecular complexity index is 121. The van der Waals surface area contributed by atoms with Gasteiger partial charge in [0.1, 0.15) is 5.97 Å². The van der Waals surface area contributed by atoms with Crippen molar-refractivity contribution in [2.75, 3.05) is 6.61 Å². The third-order valence-electron chi connectivity index (χ3n) is 0.861. The van der Waals surface area contributed by atoms with Gasteiger partial charge < -0.3 is 10.8 Å². The number of hydrogen-bond acceptors (Lipinski definition) is 2. The molecule has 0 aliphatic carbocycles. The smallest absolute Gasteiger partial charge is 0.147 e. The van der Waals surface area contributed by atoms with Gasteiger partial charge in [-0.15, -0.1) is 0 Å². The summed E-state index contributed by atoms with van der Waals surface area (Å²) in [5.41, 5.74) is 0.